The Morgan fingerprint density at radius 2 is 2.36 bits per heavy atom. The molecule has 0 saturated heterocycles. The number of hydrogen-bond donors (Lipinski definition) is 0. The highest BCUT2D eigenvalue weighted by Crippen LogP contribution is 2.29. The topological polar surface area (TPSA) is 22.1 Å². The maximum atomic E-state index is 5.54. The van der Waals surface area contributed by atoms with Crippen molar-refractivity contribution in [1.29, 1.82) is 0 Å². The maximum Gasteiger partial charge on any atom is 0.160 e. The van der Waals surface area contributed by atoms with Gasteiger partial charge in [-0.05, 0) is 40.5 Å². The molecule has 0 fully saturated rings. The van der Waals surface area contributed by atoms with E-state index in [1.807, 2.05) is 18.2 Å². The van der Waals surface area contributed by atoms with E-state index < -0.39 is 0 Å². The Hall–Kier alpha value is -0.610. The summed E-state index contributed by atoms with van der Waals surface area (Å²) in [6, 6.07) is 5.99. The average Bonchev–Trinajstić information content (AvgIpc) is 2.54. The molecule has 74 valence electrons. The lowest BCUT2D eigenvalue weighted by Crippen LogP contribution is -1.93. The molecule has 0 spiro atoms. The fraction of sp³-hybridized carbons (Fsp3) is 0.300. The summed E-state index contributed by atoms with van der Waals surface area (Å²) in [4.78, 5) is 4.31. The Labute approximate surface area is 95.0 Å². The molecule has 0 radical (unpaired) electrons. The zero-order valence-corrected chi connectivity index (χ0v) is 10.2. The van der Waals surface area contributed by atoms with Gasteiger partial charge in [-0.25, -0.2) is 4.98 Å². The van der Waals surface area contributed by atoms with Crippen LogP contribution in [0, 0.1) is 0 Å². The van der Waals surface area contributed by atoms with Crippen LogP contribution in [0.5, 0.6) is 5.75 Å². The zero-order valence-electron chi connectivity index (χ0n) is 7.79. The smallest absolute Gasteiger partial charge is 0.160 e. The van der Waals surface area contributed by atoms with Gasteiger partial charge < -0.3 is 4.74 Å². The Bertz CT molecular complexity index is 441. The van der Waals surface area contributed by atoms with E-state index in [2.05, 4.69) is 27.8 Å². The van der Waals surface area contributed by atoms with Gasteiger partial charge >= 0.3 is 0 Å². The Morgan fingerprint density at radius 3 is 3.14 bits per heavy atom. The van der Waals surface area contributed by atoms with E-state index in [0.717, 1.165) is 32.9 Å². The van der Waals surface area contributed by atoms with Crippen LogP contribution in [0.2, 0.25) is 0 Å². The first-order chi connectivity index (χ1) is 6.79. The van der Waals surface area contributed by atoms with Crippen LogP contribution in [-0.2, 0) is 0 Å². The maximum absolute atomic E-state index is 5.54. The highest BCUT2D eigenvalue weighted by molar-refractivity contribution is 9.11. The first-order valence-corrected chi connectivity index (χ1v) is 6.09. The molecule has 0 N–H and O–H groups in total. The van der Waals surface area contributed by atoms with Crippen LogP contribution in [-0.4, -0.2) is 11.6 Å². The molecule has 1 heterocycles. The first kappa shape index (κ1) is 9.93. The van der Waals surface area contributed by atoms with Crippen LogP contribution < -0.4 is 4.74 Å². The summed E-state index contributed by atoms with van der Waals surface area (Å²) in [7, 11) is 0. The number of benzene rings is 1. The summed E-state index contributed by atoms with van der Waals surface area (Å²) in [6.45, 7) is 2.87. The van der Waals surface area contributed by atoms with Crippen molar-refractivity contribution < 1.29 is 4.74 Å². The van der Waals surface area contributed by atoms with Gasteiger partial charge in [-0.1, -0.05) is 6.92 Å². The van der Waals surface area contributed by atoms with E-state index in [1.165, 1.54) is 0 Å². The number of nitrogens with zero attached hydrogens (tertiary/aromatic N) is 1. The molecule has 14 heavy (non-hydrogen) atoms. The van der Waals surface area contributed by atoms with Crippen molar-refractivity contribution in [2.75, 3.05) is 6.61 Å². The van der Waals surface area contributed by atoms with Crippen LogP contribution in [0.4, 0.5) is 0 Å². The molecule has 0 saturated carbocycles. The van der Waals surface area contributed by atoms with Crippen molar-refractivity contribution in [3.8, 4) is 5.75 Å². The normalized spacial score (nSPS) is 10.7. The number of ether oxygens (including phenoxy) is 1. The molecule has 0 aliphatic carbocycles. The molecular weight excluding hydrogens is 262 g/mol. The minimum Gasteiger partial charge on any atom is -0.494 e. The largest absolute Gasteiger partial charge is 0.494 e. The van der Waals surface area contributed by atoms with Crippen LogP contribution in [0.25, 0.3) is 10.2 Å². The fourth-order valence-corrected chi connectivity index (χ4v) is 2.62. The van der Waals surface area contributed by atoms with E-state index in [4.69, 9.17) is 4.74 Å². The van der Waals surface area contributed by atoms with Gasteiger partial charge in [0.25, 0.3) is 0 Å². The monoisotopic (exact) mass is 271 g/mol. The molecule has 0 aliphatic heterocycles. The standard InChI is InChI=1S/C10H10BrNOS/c1-2-5-13-7-3-4-8-9(6-7)14-10(11)12-8/h3-4,6H,2,5H2,1H3. The summed E-state index contributed by atoms with van der Waals surface area (Å²) >= 11 is 4.99. The van der Waals surface area contributed by atoms with Crippen LogP contribution in [0.1, 0.15) is 13.3 Å². The SMILES string of the molecule is CCCOc1ccc2nc(Br)sc2c1. The third-order valence-corrected chi connectivity index (χ3v) is 3.28. The lowest BCUT2D eigenvalue weighted by molar-refractivity contribution is 0.318. The second kappa shape index (κ2) is 4.28. The van der Waals surface area contributed by atoms with E-state index in [1.54, 1.807) is 11.3 Å². The zero-order chi connectivity index (χ0) is 9.97. The highest BCUT2D eigenvalue weighted by Gasteiger charge is 2.02. The number of halogens is 1. The lowest BCUT2D eigenvalue weighted by Gasteiger charge is -2.02. The van der Waals surface area contributed by atoms with Crippen molar-refractivity contribution in [2.24, 2.45) is 0 Å². The fourth-order valence-electron chi connectivity index (χ4n) is 1.19. The molecule has 1 aromatic carbocycles. The number of fused-ring (bicyclic) bond motifs is 1. The van der Waals surface area contributed by atoms with Crippen LogP contribution in [0.15, 0.2) is 22.1 Å². The molecule has 0 bridgehead atoms. The second-order valence-corrected chi connectivity index (χ2v) is 5.25. The molecule has 0 atom stereocenters. The van der Waals surface area contributed by atoms with Gasteiger partial charge in [0.15, 0.2) is 3.92 Å². The molecule has 0 unspecified atom stereocenters. The summed E-state index contributed by atoms with van der Waals surface area (Å²) < 4.78 is 7.61. The van der Waals surface area contributed by atoms with Crippen molar-refractivity contribution >= 4 is 37.5 Å². The van der Waals surface area contributed by atoms with E-state index in [0.29, 0.717) is 0 Å². The predicted molar refractivity (Wildman–Crippen MR) is 63.1 cm³/mol. The van der Waals surface area contributed by atoms with Crippen molar-refractivity contribution in [1.82, 2.24) is 4.98 Å². The minimum absolute atomic E-state index is 0.769. The number of thiazole rings is 1. The Balaban J connectivity index is 2.31. The number of rotatable bonds is 3. The van der Waals surface area contributed by atoms with Gasteiger partial charge in [-0.2, -0.15) is 0 Å². The number of hydrogen-bond acceptors (Lipinski definition) is 3. The summed E-state index contributed by atoms with van der Waals surface area (Å²) in [5.74, 6) is 0.926. The van der Waals surface area contributed by atoms with Gasteiger partial charge in [0, 0.05) is 0 Å². The molecule has 0 aliphatic rings. The van der Waals surface area contributed by atoms with Gasteiger partial charge in [0.2, 0.25) is 0 Å². The van der Waals surface area contributed by atoms with E-state index in [-0.39, 0.29) is 0 Å². The summed E-state index contributed by atoms with van der Waals surface area (Å²) in [6.07, 6.45) is 1.03. The van der Waals surface area contributed by atoms with Gasteiger partial charge in [-0.3, -0.25) is 0 Å². The molecular formula is C10H10BrNOS. The quantitative estimate of drug-likeness (QED) is 0.846. The average molecular weight is 272 g/mol. The summed E-state index contributed by atoms with van der Waals surface area (Å²) in [5, 5.41) is 0. The third-order valence-electron chi connectivity index (χ3n) is 1.81. The molecule has 0 amide bonds. The van der Waals surface area contributed by atoms with Crippen LogP contribution in [0.3, 0.4) is 0 Å². The lowest BCUT2D eigenvalue weighted by atomic mass is 10.3. The molecule has 2 aromatic rings. The minimum atomic E-state index is 0.769. The third kappa shape index (κ3) is 2.07. The van der Waals surface area contributed by atoms with Crippen molar-refractivity contribution in [3.05, 3.63) is 22.1 Å². The van der Waals surface area contributed by atoms with E-state index >= 15 is 0 Å². The summed E-state index contributed by atoms with van der Waals surface area (Å²) in [5.41, 5.74) is 1.02. The second-order valence-electron chi connectivity index (χ2n) is 2.94. The van der Waals surface area contributed by atoms with E-state index in [9.17, 15) is 0 Å². The Kier molecular flexibility index (Phi) is 3.03. The van der Waals surface area contributed by atoms with Crippen LogP contribution >= 0.6 is 27.3 Å². The highest BCUT2D eigenvalue weighted by atomic mass is 79.9. The van der Waals surface area contributed by atoms with Gasteiger partial charge in [0.05, 0.1) is 16.8 Å². The molecule has 2 nitrogen and oxygen atoms in total. The van der Waals surface area contributed by atoms with Gasteiger partial charge in [0.1, 0.15) is 5.75 Å². The Morgan fingerprint density at radius 1 is 1.50 bits per heavy atom. The van der Waals surface area contributed by atoms with Crippen molar-refractivity contribution in [2.45, 2.75) is 13.3 Å². The van der Waals surface area contributed by atoms with Gasteiger partial charge in [-0.15, -0.1) is 11.3 Å². The predicted octanol–water partition coefficient (Wildman–Crippen LogP) is 3.85. The number of aromatic nitrogens is 1. The molecule has 2 rings (SSSR count). The van der Waals surface area contributed by atoms with Crippen molar-refractivity contribution in [3.63, 3.8) is 0 Å². The molecule has 1 aromatic heterocycles. The first-order valence-electron chi connectivity index (χ1n) is 4.48. The molecule has 4 heteroatoms.